The zero-order valence-electron chi connectivity index (χ0n) is 12.0. The highest BCUT2D eigenvalue weighted by molar-refractivity contribution is 5.59. The van der Waals surface area contributed by atoms with Gasteiger partial charge in [0.25, 0.3) is 0 Å². The first-order valence-corrected chi connectivity index (χ1v) is 7.23. The lowest BCUT2D eigenvalue weighted by Crippen LogP contribution is -2.39. The van der Waals surface area contributed by atoms with Crippen LogP contribution in [0.25, 0.3) is 0 Å². The molecule has 1 saturated heterocycles. The van der Waals surface area contributed by atoms with Crippen LogP contribution in [0.15, 0.2) is 36.8 Å². The van der Waals surface area contributed by atoms with Gasteiger partial charge in [0.1, 0.15) is 24.0 Å². The van der Waals surface area contributed by atoms with Crippen molar-refractivity contribution in [3.8, 4) is 6.07 Å². The fraction of sp³-hybridized carbons (Fsp3) is 0.312. The fourth-order valence-corrected chi connectivity index (χ4v) is 2.72. The zero-order valence-corrected chi connectivity index (χ0v) is 12.0. The Morgan fingerprint density at radius 1 is 1.27 bits per heavy atom. The molecule has 3 rings (SSSR count). The molecule has 0 radical (unpaired) electrons. The molecule has 1 fully saturated rings. The van der Waals surface area contributed by atoms with Crippen LogP contribution in [0.4, 0.5) is 15.9 Å². The van der Waals surface area contributed by atoms with Gasteiger partial charge in [0.15, 0.2) is 0 Å². The summed E-state index contributed by atoms with van der Waals surface area (Å²) in [5.74, 6) is 0.452. The molecule has 1 aromatic heterocycles. The molecule has 0 atom stereocenters. The van der Waals surface area contributed by atoms with Crippen LogP contribution in [0.5, 0.6) is 0 Å². The lowest BCUT2D eigenvalue weighted by Gasteiger charge is -2.34. The molecule has 112 valence electrons. The molecule has 1 aromatic carbocycles. The topological polar surface area (TPSA) is 64.8 Å². The van der Waals surface area contributed by atoms with Crippen LogP contribution >= 0.6 is 0 Å². The Hall–Kier alpha value is -2.68. The molecular weight excluding hydrogens is 281 g/mol. The second kappa shape index (κ2) is 6.39. The smallest absolute Gasteiger partial charge is 0.129 e. The number of halogens is 1. The minimum atomic E-state index is -0.374. The van der Waals surface area contributed by atoms with Gasteiger partial charge in [-0.2, -0.15) is 5.26 Å². The van der Waals surface area contributed by atoms with Gasteiger partial charge in [-0.25, -0.2) is 14.4 Å². The molecule has 0 amide bonds. The van der Waals surface area contributed by atoms with Crippen LogP contribution < -0.4 is 10.2 Å². The maximum Gasteiger partial charge on any atom is 0.129 e. The quantitative estimate of drug-likeness (QED) is 0.943. The van der Waals surface area contributed by atoms with E-state index in [-0.39, 0.29) is 5.82 Å². The summed E-state index contributed by atoms with van der Waals surface area (Å²) in [6.45, 7) is 1.64. The number of nitrogens with one attached hydrogen (secondary N) is 1. The third-order valence-electron chi connectivity index (χ3n) is 3.85. The van der Waals surface area contributed by atoms with E-state index in [0.29, 0.717) is 11.6 Å². The van der Waals surface area contributed by atoms with Gasteiger partial charge >= 0.3 is 0 Å². The van der Waals surface area contributed by atoms with Gasteiger partial charge < -0.3 is 10.2 Å². The van der Waals surface area contributed by atoms with Crippen molar-refractivity contribution in [1.82, 2.24) is 9.97 Å². The second-order valence-electron chi connectivity index (χ2n) is 5.27. The van der Waals surface area contributed by atoms with Crippen molar-refractivity contribution in [3.05, 3.63) is 48.2 Å². The Morgan fingerprint density at radius 3 is 2.77 bits per heavy atom. The third kappa shape index (κ3) is 3.14. The summed E-state index contributed by atoms with van der Waals surface area (Å²) in [7, 11) is 0. The third-order valence-corrected chi connectivity index (χ3v) is 3.85. The lowest BCUT2D eigenvalue weighted by atomic mass is 10.0. The number of benzene rings is 1. The average molecular weight is 297 g/mol. The first kappa shape index (κ1) is 14.3. The van der Waals surface area contributed by atoms with Crippen LogP contribution in [0, 0.1) is 17.1 Å². The maximum atomic E-state index is 13.2. The second-order valence-corrected chi connectivity index (χ2v) is 5.27. The number of hydrogen-bond donors (Lipinski definition) is 1. The highest BCUT2D eigenvalue weighted by atomic mass is 19.1. The predicted molar refractivity (Wildman–Crippen MR) is 82.0 cm³/mol. The number of hydrogen-bond acceptors (Lipinski definition) is 5. The number of piperidine rings is 1. The van der Waals surface area contributed by atoms with E-state index in [9.17, 15) is 4.39 Å². The van der Waals surface area contributed by atoms with E-state index in [2.05, 4.69) is 26.3 Å². The molecular formula is C16H16FN5. The molecule has 0 aliphatic carbocycles. The van der Waals surface area contributed by atoms with Gasteiger partial charge in [-0.05, 0) is 37.1 Å². The molecule has 0 saturated carbocycles. The average Bonchev–Trinajstić information content (AvgIpc) is 2.56. The Labute approximate surface area is 128 Å². The van der Waals surface area contributed by atoms with Gasteiger partial charge in [-0.1, -0.05) is 0 Å². The van der Waals surface area contributed by atoms with E-state index in [1.165, 1.54) is 18.5 Å². The monoisotopic (exact) mass is 297 g/mol. The van der Waals surface area contributed by atoms with E-state index in [4.69, 9.17) is 5.26 Å². The molecule has 22 heavy (non-hydrogen) atoms. The SMILES string of the molecule is N#Cc1cc(F)ccc1N1CCC(Nc2ccncn2)CC1. The van der Waals surface area contributed by atoms with Crippen LogP contribution in [0.1, 0.15) is 18.4 Å². The van der Waals surface area contributed by atoms with Gasteiger partial charge in [-0.15, -0.1) is 0 Å². The van der Waals surface area contributed by atoms with E-state index >= 15 is 0 Å². The standard InChI is InChI=1S/C16H16FN5/c17-13-1-2-15(12(9-13)10-18)22-7-4-14(5-8-22)21-16-3-6-19-11-20-16/h1-3,6,9,11,14H,4-5,7-8H2,(H,19,20,21). The van der Waals surface area contributed by atoms with Gasteiger partial charge in [0.2, 0.25) is 0 Å². The summed E-state index contributed by atoms with van der Waals surface area (Å²) in [6.07, 6.45) is 5.11. The lowest BCUT2D eigenvalue weighted by molar-refractivity contribution is 0.524. The van der Waals surface area contributed by atoms with Crippen molar-refractivity contribution < 1.29 is 4.39 Å². The molecule has 1 aliphatic rings. The van der Waals surface area contributed by atoms with E-state index in [0.717, 1.165) is 37.4 Å². The Balaban J connectivity index is 1.64. The normalized spacial score (nSPS) is 15.4. The van der Waals surface area contributed by atoms with Crippen molar-refractivity contribution in [2.24, 2.45) is 0 Å². The molecule has 0 bridgehead atoms. The maximum absolute atomic E-state index is 13.2. The summed E-state index contributed by atoms with van der Waals surface area (Å²) in [5.41, 5.74) is 1.20. The Morgan fingerprint density at radius 2 is 2.09 bits per heavy atom. The highest BCUT2D eigenvalue weighted by Crippen LogP contribution is 2.25. The van der Waals surface area contributed by atoms with Gasteiger partial charge in [0.05, 0.1) is 11.3 Å². The van der Waals surface area contributed by atoms with Crippen molar-refractivity contribution in [2.75, 3.05) is 23.3 Å². The van der Waals surface area contributed by atoms with Crippen LogP contribution in [0.3, 0.4) is 0 Å². The van der Waals surface area contributed by atoms with Crippen LogP contribution in [-0.2, 0) is 0 Å². The molecule has 2 heterocycles. The molecule has 1 aliphatic heterocycles. The molecule has 5 nitrogen and oxygen atoms in total. The first-order chi connectivity index (χ1) is 10.8. The fourth-order valence-electron chi connectivity index (χ4n) is 2.72. The van der Waals surface area contributed by atoms with Gasteiger partial charge in [-0.3, -0.25) is 0 Å². The van der Waals surface area contributed by atoms with Crippen molar-refractivity contribution >= 4 is 11.5 Å². The molecule has 1 N–H and O–H groups in total. The van der Waals surface area contributed by atoms with Crippen LogP contribution in [0.2, 0.25) is 0 Å². The Kier molecular flexibility index (Phi) is 4.15. The highest BCUT2D eigenvalue weighted by Gasteiger charge is 2.21. The molecule has 0 unspecified atom stereocenters. The van der Waals surface area contributed by atoms with Crippen molar-refractivity contribution in [2.45, 2.75) is 18.9 Å². The minimum absolute atomic E-state index is 0.345. The molecule has 2 aromatic rings. The zero-order chi connectivity index (χ0) is 15.4. The summed E-state index contributed by atoms with van der Waals surface area (Å²) in [4.78, 5) is 10.2. The number of rotatable bonds is 3. The predicted octanol–water partition coefficient (Wildman–Crippen LogP) is 2.57. The van der Waals surface area contributed by atoms with E-state index < -0.39 is 0 Å². The van der Waals surface area contributed by atoms with Crippen LogP contribution in [-0.4, -0.2) is 29.1 Å². The van der Waals surface area contributed by atoms with E-state index in [1.807, 2.05) is 6.07 Å². The summed E-state index contributed by atoms with van der Waals surface area (Å²) < 4.78 is 13.2. The van der Waals surface area contributed by atoms with E-state index in [1.54, 1.807) is 12.3 Å². The summed E-state index contributed by atoms with van der Waals surface area (Å²) in [6, 6.07) is 8.65. The number of nitriles is 1. The number of anilines is 2. The first-order valence-electron chi connectivity index (χ1n) is 7.23. The Bertz CT molecular complexity index is 675. The number of nitrogens with zero attached hydrogens (tertiary/aromatic N) is 4. The number of aromatic nitrogens is 2. The summed E-state index contributed by atoms with van der Waals surface area (Å²) >= 11 is 0. The molecule has 6 heteroatoms. The molecule has 0 spiro atoms. The van der Waals surface area contributed by atoms with Gasteiger partial charge in [0, 0.05) is 25.3 Å². The van der Waals surface area contributed by atoms with Crippen molar-refractivity contribution in [3.63, 3.8) is 0 Å². The van der Waals surface area contributed by atoms with Crippen molar-refractivity contribution in [1.29, 1.82) is 5.26 Å². The largest absolute Gasteiger partial charge is 0.370 e. The minimum Gasteiger partial charge on any atom is -0.370 e. The summed E-state index contributed by atoms with van der Waals surface area (Å²) in [5, 5.41) is 12.5.